The number of aromatic nitrogens is 1. The fourth-order valence-electron chi connectivity index (χ4n) is 1.40. The summed E-state index contributed by atoms with van der Waals surface area (Å²) in [6, 6.07) is 9.89. The second kappa shape index (κ2) is 6.65. The summed E-state index contributed by atoms with van der Waals surface area (Å²) in [6.45, 7) is 0. The molecule has 0 bridgehead atoms. The minimum Gasteiger partial charge on any atom is -0.317 e. The van der Waals surface area contributed by atoms with E-state index < -0.39 is 0 Å². The van der Waals surface area contributed by atoms with Gasteiger partial charge < -0.3 is 5.32 Å². The van der Waals surface area contributed by atoms with E-state index in [1.807, 2.05) is 0 Å². The number of pyridine rings is 1. The standard InChI is InChI=1S/C13H9Cl2N3OS/c14-9-3-1-2-8(6-9)12(19)18-13(20)17-11-5-4-10(15)7-16-11/h1-7H,(H2,16,17,18,19,20). The molecule has 2 N–H and O–H groups in total. The van der Waals surface area contributed by atoms with Gasteiger partial charge >= 0.3 is 0 Å². The van der Waals surface area contributed by atoms with Gasteiger partial charge in [0.2, 0.25) is 0 Å². The van der Waals surface area contributed by atoms with E-state index in [1.54, 1.807) is 36.4 Å². The Balaban J connectivity index is 1.97. The lowest BCUT2D eigenvalue weighted by molar-refractivity contribution is 0.0977. The molecule has 0 fully saturated rings. The molecule has 1 heterocycles. The number of benzene rings is 1. The average Bonchev–Trinajstić information content (AvgIpc) is 2.41. The molecule has 0 saturated carbocycles. The fraction of sp³-hybridized carbons (Fsp3) is 0. The molecule has 1 amide bonds. The molecule has 102 valence electrons. The molecule has 2 aromatic rings. The molecule has 0 atom stereocenters. The summed E-state index contributed by atoms with van der Waals surface area (Å²) in [5, 5.41) is 6.46. The summed E-state index contributed by atoms with van der Waals surface area (Å²) < 4.78 is 0. The first kappa shape index (κ1) is 14.7. The van der Waals surface area contributed by atoms with Crippen molar-refractivity contribution in [2.45, 2.75) is 0 Å². The maximum absolute atomic E-state index is 11.9. The summed E-state index contributed by atoms with van der Waals surface area (Å²) in [5.74, 6) is 0.143. The van der Waals surface area contributed by atoms with Crippen molar-refractivity contribution in [2.75, 3.05) is 5.32 Å². The molecule has 4 nitrogen and oxygen atoms in total. The Morgan fingerprint density at radius 3 is 2.60 bits per heavy atom. The zero-order valence-corrected chi connectivity index (χ0v) is 12.4. The topological polar surface area (TPSA) is 54.0 Å². The van der Waals surface area contributed by atoms with Gasteiger partial charge in [0.25, 0.3) is 5.91 Å². The predicted octanol–water partition coefficient (Wildman–Crippen LogP) is 3.52. The Labute approximate surface area is 131 Å². The monoisotopic (exact) mass is 325 g/mol. The van der Waals surface area contributed by atoms with Gasteiger partial charge in [-0.1, -0.05) is 29.3 Å². The molecule has 0 saturated heterocycles. The number of nitrogens with one attached hydrogen (secondary N) is 2. The molecule has 7 heteroatoms. The molecule has 2 rings (SSSR count). The summed E-state index contributed by atoms with van der Waals surface area (Å²) in [7, 11) is 0. The Bertz CT molecular complexity index is 646. The summed E-state index contributed by atoms with van der Waals surface area (Å²) in [6.07, 6.45) is 1.48. The van der Waals surface area contributed by atoms with E-state index in [9.17, 15) is 4.79 Å². The van der Waals surface area contributed by atoms with Gasteiger partial charge in [0.15, 0.2) is 5.11 Å². The summed E-state index contributed by atoms with van der Waals surface area (Å²) >= 11 is 16.6. The number of rotatable bonds is 2. The van der Waals surface area contributed by atoms with E-state index in [0.29, 0.717) is 21.4 Å². The Hall–Kier alpha value is -1.69. The Morgan fingerprint density at radius 1 is 1.15 bits per heavy atom. The van der Waals surface area contributed by atoms with E-state index >= 15 is 0 Å². The molecule has 0 aliphatic rings. The predicted molar refractivity (Wildman–Crippen MR) is 84.4 cm³/mol. The number of hydrogen-bond acceptors (Lipinski definition) is 3. The molecule has 0 aliphatic heterocycles. The van der Waals surface area contributed by atoms with Crippen LogP contribution in [0.4, 0.5) is 5.82 Å². The van der Waals surface area contributed by atoms with Gasteiger partial charge in [0.05, 0.1) is 5.02 Å². The van der Waals surface area contributed by atoms with Gasteiger partial charge in [0.1, 0.15) is 5.82 Å². The molecule has 1 aromatic heterocycles. The number of amides is 1. The first-order chi connectivity index (χ1) is 9.54. The van der Waals surface area contributed by atoms with Crippen LogP contribution in [0.15, 0.2) is 42.6 Å². The maximum atomic E-state index is 11.9. The number of anilines is 1. The number of carbonyl (C=O) groups is 1. The molecular weight excluding hydrogens is 317 g/mol. The minimum absolute atomic E-state index is 0.143. The van der Waals surface area contributed by atoms with E-state index in [2.05, 4.69) is 15.6 Å². The van der Waals surface area contributed by atoms with Gasteiger partial charge in [-0.15, -0.1) is 0 Å². The van der Waals surface area contributed by atoms with Gasteiger partial charge in [-0.05, 0) is 42.5 Å². The van der Waals surface area contributed by atoms with Crippen LogP contribution in [-0.4, -0.2) is 16.0 Å². The quantitative estimate of drug-likeness (QED) is 0.829. The fourth-order valence-corrected chi connectivity index (χ4v) is 1.90. The van der Waals surface area contributed by atoms with Crippen LogP contribution < -0.4 is 10.6 Å². The van der Waals surface area contributed by atoms with Gasteiger partial charge in [-0.2, -0.15) is 0 Å². The molecule has 0 radical (unpaired) electrons. The van der Waals surface area contributed by atoms with Crippen LogP contribution in [-0.2, 0) is 0 Å². The highest BCUT2D eigenvalue weighted by atomic mass is 35.5. The highest BCUT2D eigenvalue weighted by molar-refractivity contribution is 7.80. The third-order valence-corrected chi connectivity index (χ3v) is 2.95. The largest absolute Gasteiger partial charge is 0.317 e. The van der Waals surface area contributed by atoms with Gasteiger partial charge in [-0.3, -0.25) is 10.1 Å². The second-order valence-electron chi connectivity index (χ2n) is 3.78. The molecule has 0 spiro atoms. The number of halogens is 2. The highest BCUT2D eigenvalue weighted by Crippen LogP contribution is 2.11. The van der Waals surface area contributed by atoms with Crippen molar-refractivity contribution in [1.29, 1.82) is 0 Å². The lowest BCUT2D eigenvalue weighted by atomic mass is 10.2. The van der Waals surface area contributed by atoms with Crippen LogP contribution >= 0.6 is 35.4 Å². The summed E-state index contributed by atoms with van der Waals surface area (Å²) in [5.41, 5.74) is 0.422. The lowest BCUT2D eigenvalue weighted by Gasteiger charge is -2.09. The maximum Gasteiger partial charge on any atom is 0.257 e. The molecule has 0 aliphatic carbocycles. The van der Waals surface area contributed by atoms with Crippen LogP contribution in [0, 0.1) is 0 Å². The van der Waals surface area contributed by atoms with E-state index in [0.717, 1.165) is 0 Å². The zero-order chi connectivity index (χ0) is 14.5. The zero-order valence-electron chi connectivity index (χ0n) is 10.1. The molecule has 0 unspecified atom stereocenters. The van der Waals surface area contributed by atoms with Crippen LogP contribution in [0.1, 0.15) is 10.4 Å². The molecule has 1 aromatic carbocycles. The van der Waals surface area contributed by atoms with E-state index in [-0.39, 0.29) is 11.0 Å². The second-order valence-corrected chi connectivity index (χ2v) is 5.06. The third kappa shape index (κ3) is 4.16. The number of thiocarbonyl (C=S) groups is 1. The van der Waals surface area contributed by atoms with Crippen molar-refractivity contribution in [3.8, 4) is 0 Å². The Morgan fingerprint density at radius 2 is 1.95 bits per heavy atom. The normalized spacial score (nSPS) is 9.90. The van der Waals surface area contributed by atoms with E-state index in [4.69, 9.17) is 35.4 Å². The number of nitrogens with zero attached hydrogens (tertiary/aromatic N) is 1. The lowest BCUT2D eigenvalue weighted by Crippen LogP contribution is -2.34. The third-order valence-electron chi connectivity index (χ3n) is 2.28. The Kier molecular flexibility index (Phi) is 4.89. The first-order valence-corrected chi connectivity index (χ1v) is 6.70. The molecule has 20 heavy (non-hydrogen) atoms. The average molecular weight is 326 g/mol. The van der Waals surface area contributed by atoms with Crippen molar-refractivity contribution in [3.63, 3.8) is 0 Å². The number of carbonyl (C=O) groups excluding carboxylic acids is 1. The smallest absolute Gasteiger partial charge is 0.257 e. The van der Waals surface area contributed by atoms with Crippen LogP contribution in [0.5, 0.6) is 0 Å². The SMILES string of the molecule is O=C(NC(=S)Nc1ccc(Cl)cn1)c1cccc(Cl)c1. The van der Waals surface area contributed by atoms with Crippen LogP contribution in [0.3, 0.4) is 0 Å². The van der Waals surface area contributed by atoms with Crippen molar-refractivity contribution >= 4 is 52.3 Å². The molecular formula is C13H9Cl2N3OS. The van der Waals surface area contributed by atoms with E-state index in [1.165, 1.54) is 6.20 Å². The van der Waals surface area contributed by atoms with Crippen molar-refractivity contribution < 1.29 is 4.79 Å². The minimum atomic E-state index is -0.348. The van der Waals surface area contributed by atoms with Gasteiger partial charge in [0, 0.05) is 16.8 Å². The van der Waals surface area contributed by atoms with Crippen LogP contribution in [0.25, 0.3) is 0 Å². The van der Waals surface area contributed by atoms with Gasteiger partial charge in [-0.25, -0.2) is 4.98 Å². The first-order valence-electron chi connectivity index (χ1n) is 5.54. The van der Waals surface area contributed by atoms with Crippen molar-refractivity contribution in [3.05, 3.63) is 58.2 Å². The van der Waals surface area contributed by atoms with Crippen molar-refractivity contribution in [2.24, 2.45) is 0 Å². The van der Waals surface area contributed by atoms with Crippen LogP contribution in [0.2, 0.25) is 10.0 Å². The number of hydrogen-bond donors (Lipinski definition) is 2. The summed E-state index contributed by atoms with van der Waals surface area (Å²) in [4.78, 5) is 15.9. The van der Waals surface area contributed by atoms with Crippen molar-refractivity contribution in [1.82, 2.24) is 10.3 Å². The highest BCUT2D eigenvalue weighted by Gasteiger charge is 2.08.